The molecule has 0 unspecified atom stereocenters. The van der Waals surface area contributed by atoms with Crippen LogP contribution in [0, 0.1) is 0 Å². The number of hydrogen-bond acceptors (Lipinski definition) is 4. The number of carbonyl (C=O) groups is 2. The fourth-order valence-electron chi connectivity index (χ4n) is 3.81. The molecule has 1 saturated carbocycles. The number of nitrogens with one attached hydrogen (secondary N) is 2. The van der Waals surface area contributed by atoms with Crippen molar-refractivity contribution in [1.29, 1.82) is 0 Å². The van der Waals surface area contributed by atoms with Crippen LogP contribution >= 0.6 is 24.0 Å². The van der Waals surface area contributed by atoms with Gasteiger partial charge in [-0.05, 0) is 56.2 Å². The number of rotatable bonds is 8. The molecular formula is C22H33IN4O3. The Kier molecular flexibility index (Phi) is 10.4. The fourth-order valence-corrected chi connectivity index (χ4v) is 3.81. The maximum Gasteiger partial charge on any atom is 0.306 e. The monoisotopic (exact) mass is 528 g/mol. The lowest BCUT2D eigenvalue weighted by atomic mass is 10.2. The topological polar surface area (TPSA) is 83.0 Å². The van der Waals surface area contributed by atoms with Gasteiger partial charge in [-0.1, -0.05) is 12.1 Å². The highest BCUT2D eigenvalue weighted by Crippen LogP contribution is 2.22. The summed E-state index contributed by atoms with van der Waals surface area (Å²) in [6, 6.07) is 8.04. The third-order valence-corrected chi connectivity index (χ3v) is 5.46. The Morgan fingerprint density at radius 2 is 1.90 bits per heavy atom. The number of aliphatic imine (C=N–C) groups is 1. The summed E-state index contributed by atoms with van der Waals surface area (Å²) >= 11 is 0. The van der Waals surface area contributed by atoms with Crippen LogP contribution in [0.5, 0.6) is 0 Å². The smallest absolute Gasteiger partial charge is 0.306 e. The highest BCUT2D eigenvalue weighted by molar-refractivity contribution is 14.0. The molecule has 1 aliphatic heterocycles. The third-order valence-electron chi connectivity index (χ3n) is 5.46. The zero-order chi connectivity index (χ0) is 20.5. The lowest BCUT2D eigenvalue weighted by molar-refractivity contribution is -0.148. The van der Waals surface area contributed by atoms with E-state index in [1.54, 1.807) is 7.05 Å². The molecular weight excluding hydrogens is 495 g/mol. The number of halogens is 1. The Hall–Kier alpha value is -1.84. The number of nitrogens with zero attached hydrogens (tertiary/aromatic N) is 2. The highest BCUT2D eigenvalue weighted by atomic mass is 127. The Morgan fingerprint density at radius 1 is 1.17 bits per heavy atom. The third kappa shape index (κ3) is 7.45. The second kappa shape index (κ2) is 12.8. The van der Waals surface area contributed by atoms with Crippen molar-refractivity contribution >= 4 is 47.5 Å². The van der Waals surface area contributed by atoms with Crippen molar-refractivity contribution in [3.8, 4) is 0 Å². The minimum atomic E-state index is -0.0989. The van der Waals surface area contributed by atoms with Crippen molar-refractivity contribution in [3.05, 3.63) is 29.8 Å². The molecule has 3 rings (SSSR count). The molecule has 30 heavy (non-hydrogen) atoms. The van der Waals surface area contributed by atoms with Crippen molar-refractivity contribution in [2.45, 2.75) is 64.0 Å². The molecule has 2 fully saturated rings. The van der Waals surface area contributed by atoms with Crippen LogP contribution in [-0.2, 0) is 20.9 Å². The van der Waals surface area contributed by atoms with E-state index < -0.39 is 0 Å². The predicted molar refractivity (Wildman–Crippen MR) is 129 cm³/mol. The van der Waals surface area contributed by atoms with Crippen LogP contribution in [0.3, 0.4) is 0 Å². The summed E-state index contributed by atoms with van der Waals surface area (Å²) in [6.07, 6.45) is 7.21. The van der Waals surface area contributed by atoms with Crippen molar-refractivity contribution in [2.24, 2.45) is 4.99 Å². The van der Waals surface area contributed by atoms with Gasteiger partial charge in [0.2, 0.25) is 5.91 Å². The summed E-state index contributed by atoms with van der Waals surface area (Å²) in [6.45, 7) is 2.11. The number of anilines is 1. The normalized spacial score (nSPS) is 17.0. The highest BCUT2D eigenvalue weighted by Gasteiger charge is 2.21. The van der Waals surface area contributed by atoms with Gasteiger partial charge in [0.1, 0.15) is 6.10 Å². The number of ether oxygens (including phenoxy) is 1. The average Bonchev–Trinajstić information content (AvgIpc) is 3.39. The first-order valence-electron chi connectivity index (χ1n) is 10.7. The van der Waals surface area contributed by atoms with Crippen molar-refractivity contribution < 1.29 is 14.3 Å². The lowest BCUT2D eigenvalue weighted by Crippen LogP contribution is -2.37. The van der Waals surface area contributed by atoms with Gasteiger partial charge in [0.15, 0.2) is 5.96 Å². The number of carbonyl (C=O) groups excluding carboxylic acids is 2. The quantitative estimate of drug-likeness (QED) is 0.178. The first kappa shape index (κ1) is 24.4. The summed E-state index contributed by atoms with van der Waals surface area (Å²) in [5.74, 6) is 0.804. The van der Waals surface area contributed by atoms with Gasteiger partial charge in [0, 0.05) is 45.2 Å². The molecule has 1 aliphatic carbocycles. The average molecular weight is 528 g/mol. The number of guanidine groups is 1. The molecule has 7 nitrogen and oxygen atoms in total. The van der Waals surface area contributed by atoms with Gasteiger partial charge in [-0.25, -0.2) is 0 Å². The molecule has 0 spiro atoms. The maximum atomic E-state index is 11.8. The zero-order valence-electron chi connectivity index (χ0n) is 17.7. The minimum absolute atomic E-state index is 0. The van der Waals surface area contributed by atoms with Gasteiger partial charge in [0.25, 0.3) is 0 Å². The zero-order valence-corrected chi connectivity index (χ0v) is 20.0. The molecule has 1 aromatic carbocycles. The second-order valence-electron chi connectivity index (χ2n) is 7.67. The van der Waals surface area contributed by atoms with E-state index >= 15 is 0 Å². The maximum absolute atomic E-state index is 11.8. The van der Waals surface area contributed by atoms with E-state index in [1.165, 1.54) is 12.8 Å². The van der Waals surface area contributed by atoms with Gasteiger partial charge >= 0.3 is 5.97 Å². The molecule has 0 radical (unpaired) electrons. The van der Waals surface area contributed by atoms with E-state index in [0.717, 1.165) is 37.1 Å². The van der Waals surface area contributed by atoms with E-state index in [-0.39, 0.29) is 42.0 Å². The van der Waals surface area contributed by atoms with E-state index in [4.69, 9.17) is 4.74 Å². The molecule has 1 aromatic rings. The van der Waals surface area contributed by atoms with Crippen LogP contribution in [0.25, 0.3) is 0 Å². The Labute approximate surface area is 196 Å². The SMILES string of the molecule is CN=C(NCCCC(=O)OC1CCCC1)NCc1ccc(N2CCCC2=O)cc1.I. The summed E-state index contributed by atoms with van der Waals surface area (Å²) in [5.41, 5.74) is 2.08. The molecule has 0 atom stereocenters. The summed E-state index contributed by atoms with van der Waals surface area (Å²) in [7, 11) is 1.73. The Balaban J connectivity index is 0.00000320. The molecule has 0 bridgehead atoms. The first-order valence-corrected chi connectivity index (χ1v) is 10.7. The first-order chi connectivity index (χ1) is 14.2. The molecule has 1 amide bonds. The van der Waals surface area contributed by atoms with Gasteiger partial charge < -0.3 is 20.3 Å². The number of amides is 1. The molecule has 1 saturated heterocycles. The number of hydrogen-bond donors (Lipinski definition) is 2. The van der Waals surface area contributed by atoms with E-state index in [2.05, 4.69) is 15.6 Å². The van der Waals surface area contributed by atoms with Crippen molar-refractivity contribution in [3.63, 3.8) is 0 Å². The molecule has 2 aliphatic rings. The largest absolute Gasteiger partial charge is 0.462 e. The Morgan fingerprint density at radius 3 is 2.53 bits per heavy atom. The van der Waals surface area contributed by atoms with Crippen molar-refractivity contribution in [1.82, 2.24) is 10.6 Å². The molecule has 8 heteroatoms. The molecule has 2 N–H and O–H groups in total. The molecule has 166 valence electrons. The lowest BCUT2D eigenvalue weighted by Gasteiger charge is -2.16. The van der Waals surface area contributed by atoms with E-state index in [9.17, 15) is 9.59 Å². The van der Waals surface area contributed by atoms with Crippen molar-refractivity contribution in [2.75, 3.05) is 25.0 Å². The van der Waals surface area contributed by atoms with Crippen LogP contribution in [0.1, 0.15) is 56.9 Å². The van der Waals surface area contributed by atoms with Crippen LogP contribution in [0.15, 0.2) is 29.3 Å². The van der Waals surface area contributed by atoms with Gasteiger partial charge in [0.05, 0.1) is 0 Å². The van der Waals surface area contributed by atoms with Gasteiger partial charge in [-0.3, -0.25) is 14.6 Å². The predicted octanol–water partition coefficient (Wildman–Crippen LogP) is 3.36. The standard InChI is InChI=1S/C22H32N4O3.HI/c1-23-22(24-14-4-9-21(28)29-19-6-2-3-7-19)25-16-17-10-12-18(13-11-17)26-15-5-8-20(26)27;/h10-13,19H,2-9,14-16H2,1H3,(H2,23,24,25);1H. The van der Waals surface area contributed by atoms with Gasteiger partial charge in [-0.2, -0.15) is 0 Å². The number of benzene rings is 1. The molecule has 1 heterocycles. The van der Waals surface area contributed by atoms with Crippen LogP contribution < -0.4 is 15.5 Å². The summed E-state index contributed by atoms with van der Waals surface area (Å²) in [5, 5.41) is 6.50. The minimum Gasteiger partial charge on any atom is -0.462 e. The van der Waals surface area contributed by atoms with Crippen LogP contribution in [0.4, 0.5) is 5.69 Å². The van der Waals surface area contributed by atoms with Crippen LogP contribution in [0.2, 0.25) is 0 Å². The summed E-state index contributed by atoms with van der Waals surface area (Å²) in [4.78, 5) is 29.7. The fraction of sp³-hybridized carbons (Fsp3) is 0.591. The van der Waals surface area contributed by atoms with E-state index in [1.807, 2.05) is 29.2 Å². The summed E-state index contributed by atoms with van der Waals surface area (Å²) < 4.78 is 5.47. The van der Waals surface area contributed by atoms with E-state index in [0.29, 0.717) is 38.3 Å². The van der Waals surface area contributed by atoms with Crippen LogP contribution in [-0.4, -0.2) is 44.1 Å². The number of esters is 1. The van der Waals surface area contributed by atoms with Gasteiger partial charge in [-0.15, -0.1) is 24.0 Å². The second-order valence-corrected chi connectivity index (χ2v) is 7.67. The Bertz CT molecular complexity index is 718. The molecule has 0 aromatic heterocycles.